The summed E-state index contributed by atoms with van der Waals surface area (Å²) in [5.74, 6) is -0.267. The fourth-order valence-corrected chi connectivity index (χ4v) is 4.81. The van der Waals surface area contributed by atoms with Crippen LogP contribution in [0.15, 0.2) is 23.1 Å². The summed E-state index contributed by atoms with van der Waals surface area (Å²) in [6, 6.07) is 6.69. The Morgan fingerprint density at radius 1 is 1.40 bits per heavy atom. The quantitative estimate of drug-likeness (QED) is 0.805. The number of carbonyl (C=O) groups excluding carboxylic acids is 1. The fraction of sp³-hybridized carbons (Fsp3) is 0.556. The van der Waals surface area contributed by atoms with Crippen LogP contribution in [0.2, 0.25) is 0 Å². The van der Waals surface area contributed by atoms with Crippen LogP contribution in [0, 0.1) is 18.3 Å². The van der Waals surface area contributed by atoms with E-state index in [2.05, 4.69) is 0 Å². The van der Waals surface area contributed by atoms with Gasteiger partial charge in [0.05, 0.1) is 17.4 Å². The number of benzene rings is 1. The minimum absolute atomic E-state index is 0.0301. The van der Waals surface area contributed by atoms with E-state index in [9.17, 15) is 13.2 Å². The molecule has 7 heteroatoms. The van der Waals surface area contributed by atoms with E-state index in [4.69, 9.17) is 5.26 Å². The Labute approximate surface area is 150 Å². The maximum Gasteiger partial charge on any atom is 0.253 e. The van der Waals surface area contributed by atoms with E-state index in [-0.39, 0.29) is 23.3 Å². The lowest BCUT2D eigenvalue weighted by atomic mass is 10.1. The van der Waals surface area contributed by atoms with Crippen LogP contribution in [0.1, 0.15) is 48.5 Å². The molecule has 1 fully saturated rings. The molecule has 1 atom stereocenters. The highest BCUT2D eigenvalue weighted by Crippen LogP contribution is 2.26. The highest BCUT2D eigenvalue weighted by molar-refractivity contribution is 7.89. The van der Waals surface area contributed by atoms with Gasteiger partial charge < -0.3 is 4.90 Å². The Hall–Kier alpha value is -1.91. The van der Waals surface area contributed by atoms with Gasteiger partial charge in [0.2, 0.25) is 10.0 Å². The normalized spacial score (nSPS) is 18.6. The van der Waals surface area contributed by atoms with Crippen molar-refractivity contribution >= 4 is 15.9 Å². The third-order valence-electron chi connectivity index (χ3n) is 4.69. The van der Waals surface area contributed by atoms with Crippen LogP contribution in [-0.2, 0) is 10.0 Å². The molecule has 0 aliphatic carbocycles. The van der Waals surface area contributed by atoms with Gasteiger partial charge >= 0.3 is 0 Å². The monoisotopic (exact) mass is 363 g/mol. The topological polar surface area (TPSA) is 81.5 Å². The Morgan fingerprint density at radius 3 is 2.76 bits per heavy atom. The fourth-order valence-electron chi connectivity index (χ4n) is 3.08. The number of piperidine rings is 1. The van der Waals surface area contributed by atoms with Crippen molar-refractivity contribution in [2.24, 2.45) is 0 Å². The number of aryl methyl sites for hydroxylation is 1. The molecule has 1 aromatic carbocycles. The first-order chi connectivity index (χ1) is 11.8. The maximum absolute atomic E-state index is 13.0. The second-order valence-electron chi connectivity index (χ2n) is 6.57. The predicted molar refractivity (Wildman–Crippen MR) is 95.6 cm³/mol. The van der Waals surface area contributed by atoms with Crippen molar-refractivity contribution in [2.45, 2.75) is 50.5 Å². The Morgan fingerprint density at radius 2 is 2.12 bits per heavy atom. The van der Waals surface area contributed by atoms with E-state index < -0.39 is 10.0 Å². The molecule has 1 saturated heterocycles. The molecule has 136 valence electrons. The van der Waals surface area contributed by atoms with Crippen molar-refractivity contribution in [3.05, 3.63) is 29.3 Å². The van der Waals surface area contributed by atoms with E-state index in [0.29, 0.717) is 18.7 Å². The third-order valence-corrected chi connectivity index (χ3v) is 6.70. The summed E-state index contributed by atoms with van der Waals surface area (Å²) in [6.07, 6.45) is 2.99. The lowest BCUT2D eigenvalue weighted by Gasteiger charge is -2.32. The molecule has 0 saturated carbocycles. The molecule has 1 aromatic rings. The average molecular weight is 363 g/mol. The minimum atomic E-state index is -3.62. The van der Waals surface area contributed by atoms with Crippen molar-refractivity contribution < 1.29 is 13.2 Å². The van der Waals surface area contributed by atoms with Gasteiger partial charge in [0.15, 0.2) is 0 Å². The molecule has 6 nitrogen and oxygen atoms in total. The zero-order valence-corrected chi connectivity index (χ0v) is 15.8. The molecule has 0 spiro atoms. The molecular formula is C18H25N3O3S. The van der Waals surface area contributed by atoms with E-state index in [1.165, 1.54) is 15.3 Å². The zero-order valence-electron chi connectivity index (χ0n) is 15.0. The molecule has 1 amide bonds. The van der Waals surface area contributed by atoms with Gasteiger partial charge in [-0.3, -0.25) is 4.79 Å². The largest absolute Gasteiger partial charge is 0.341 e. The van der Waals surface area contributed by atoms with Gasteiger partial charge in [-0.05, 0) is 44.4 Å². The van der Waals surface area contributed by atoms with Crippen LogP contribution < -0.4 is 0 Å². The van der Waals surface area contributed by atoms with Gasteiger partial charge in [0.1, 0.15) is 0 Å². The smallest absolute Gasteiger partial charge is 0.253 e. The SMILES string of the molecule is Cc1ccc(S(=O)(=O)N2CCCCC2C)cc1C(=O)N(C)CCC#N. The molecular weight excluding hydrogens is 338 g/mol. The average Bonchev–Trinajstić information content (AvgIpc) is 2.59. The van der Waals surface area contributed by atoms with Crippen LogP contribution in [0.25, 0.3) is 0 Å². The number of nitriles is 1. The van der Waals surface area contributed by atoms with Crippen LogP contribution in [-0.4, -0.2) is 49.7 Å². The molecule has 25 heavy (non-hydrogen) atoms. The third kappa shape index (κ3) is 4.20. The molecule has 0 aromatic heterocycles. The van der Waals surface area contributed by atoms with E-state index in [0.717, 1.165) is 24.8 Å². The first kappa shape index (κ1) is 19.4. The molecule has 2 rings (SSSR count). The molecule has 0 radical (unpaired) electrons. The molecule has 1 aliphatic heterocycles. The zero-order chi connectivity index (χ0) is 18.6. The number of carbonyl (C=O) groups is 1. The Bertz CT molecular complexity index is 783. The van der Waals surface area contributed by atoms with Gasteiger partial charge in [-0.2, -0.15) is 9.57 Å². The van der Waals surface area contributed by atoms with Crippen molar-refractivity contribution in [3.8, 4) is 6.07 Å². The lowest BCUT2D eigenvalue weighted by molar-refractivity contribution is 0.0797. The molecule has 1 unspecified atom stereocenters. The van der Waals surface area contributed by atoms with E-state index in [1.54, 1.807) is 26.1 Å². The van der Waals surface area contributed by atoms with Crippen molar-refractivity contribution in [3.63, 3.8) is 0 Å². The molecule has 0 N–H and O–H groups in total. The number of hydrogen-bond acceptors (Lipinski definition) is 4. The number of amides is 1. The van der Waals surface area contributed by atoms with Crippen LogP contribution >= 0.6 is 0 Å². The Balaban J connectivity index is 2.35. The summed E-state index contributed by atoms with van der Waals surface area (Å²) < 4.78 is 27.5. The molecule has 0 bridgehead atoms. The number of nitrogens with zero attached hydrogens (tertiary/aromatic N) is 3. The highest BCUT2D eigenvalue weighted by atomic mass is 32.2. The van der Waals surface area contributed by atoms with E-state index >= 15 is 0 Å². The lowest BCUT2D eigenvalue weighted by Crippen LogP contribution is -2.42. The van der Waals surface area contributed by atoms with E-state index in [1.807, 2.05) is 13.0 Å². The number of sulfonamides is 1. The summed E-state index contributed by atoms with van der Waals surface area (Å²) >= 11 is 0. The summed E-state index contributed by atoms with van der Waals surface area (Å²) in [5.41, 5.74) is 1.09. The summed E-state index contributed by atoms with van der Waals surface area (Å²) in [7, 11) is -2.00. The number of rotatable bonds is 5. The van der Waals surface area contributed by atoms with Gasteiger partial charge in [-0.1, -0.05) is 12.5 Å². The standard InChI is InChI=1S/C18H25N3O3S/c1-14-8-9-16(13-17(14)18(22)20(3)11-6-10-19)25(23,24)21-12-5-4-7-15(21)2/h8-9,13,15H,4-7,11-12H2,1-3H3. The van der Waals surface area contributed by atoms with Gasteiger partial charge in [0.25, 0.3) is 5.91 Å². The summed E-state index contributed by atoms with van der Waals surface area (Å²) in [4.78, 5) is 14.2. The minimum Gasteiger partial charge on any atom is -0.341 e. The summed E-state index contributed by atoms with van der Waals surface area (Å²) in [5, 5.41) is 8.67. The second kappa shape index (κ2) is 7.98. The first-order valence-corrected chi connectivity index (χ1v) is 9.98. The first-order valence-electron chi connectivity index (χ1n) is 8.54. The second-order valence-corrected chi connectivity index (χ2v) is 8.46. The van der Waals surface area contributed by atoms with Crippen LogP contribution in [0.3, 0.4) is 0 Å². The Kier molecular flexibility index (Phi) is 6.20. The van der Waals surface area contributed by atoms with Crippen molar-refractivity contribution in [2.75, 3.05) is 20.1 Å². The number of hydrogen-bond donors (Lipinski definition) is 0. The predicted octanol–water partition coefficient (Wildman–Crippen LogP) is 2.54. The van der Waals surface area contributed by atoms with Crippen molar-refractivity contribution in [1.29, 1.82) is 5.26 Å². The maximum atomic E-state index is 13.0. The van der Waals surface area contributed by atoms with Gasteiger partial charge in [0, 0.05) is 31.7 Å². The molecule has 1 aliphatic rings. The van der Waals surface area contributed by atoms with Gasteiger partial charge in [-0.25, -0.2) is 8.42 Å². The molecule has 1 heterocycles. The summed E-state index contributed by atoms with van der Waals surface area (Å²) in [6.45, 7) is 4.54. The van der Waals surface area contributed by atoms with Crippen LogP contribution in [0.5, 0.6) is 0 Å². The van der Waals surface area contributed by atoms with Crippen LogP contribution in [0.4, 0.5) is 0 Å². The van der Waals surface area contributed by atoms with Gasteiger partial charge in [-0.15, -0.1) is 0 Å². The highest BCUT2D eigenvalue weighted by Gasteiger charge is 2.31. The van der Waals surface area contributed by atoms with Crippen molar-refractivity contribution in [1.82, 2.24) is 9.21 Å².